The summed E-state index contributed by atoms with van der Waals surface area (Å²) in [6, 6.07) is 75.1. The van der Waals surface area contributed by atoms with Gasteiger partial charge in [0.05, 0.1) is 11.1 Å². The third-order valence-corrected chi connectivity index (χ3v) is 22.8. The second-order valence-electron chi connectivity index (χ2n) is 31.7. The molecular weight excluding hydrogens is 1050 g/mol. The molecule has 15 rings (SSSR count). The van der Waals surface area contributed by atoms with Gasteiger partial charge in [-0.3, -0.25) is 0 Å². The van der Waals surface area contributed by atoms with Crippen LogP contribution in [0.3, 0.4) is 0 Å². The van der Waals surface area contributed by atoms with Crippen LogP contribution in [0.15, 0.2) is 188 Å². The molecule has 4 unspecified atom stereocenters. The summed E-state index contributed by atoms with van der Waals surface area (Å²) in [5, 5.41) is 0. The highest BCUT2D eigenvalue weighted by Crippen LogP contribution is 2.66. The maximum absolute atomic E-state index is 2.81. The van der Waals surface area contributed by atoms with Crippen molar-refractivity contribution >= 4 is 80.0 Å². The molecule has 438 valence electrons. The van der Waals surface area contributed by atoms with E-state index in [0.29, 0.717) is 0 Å². The molecule has 9 aromatic rings. The number of hydrogen-bond donors (Lipinski definition) is 0. The molecule has 2 aliphatic carbocycles. The quantitative estimate of drug-likeness (QED) is 0.163. The second-order valence-corrected chi connectivity index (χ2v) is 31.7. The molecule has 0 spiro atoms. The second kappa shape index (κ2) is 18.4. The van der Waals surface area contributed by atoms with E-state index in [0.717, 1.165) is 31.4 Å². The molecular formula is C82H87BN4. The first-order valence-corrected chi connectivity index (χ1v) is 32.5. The van der Waals surface area contributed by atoms with E-state index in [1.165, 1.54) is 123 Å². The summed E-state index contributed by atoms with van der Waals surface area (Å²) in [4.78, 5) is 10.9. The number of aryl methyl sites for hydroxylation is 2. The molecule has 0 bridgehead atoms. The molecule has 4 nitrogen and oxygen atoms in total. The number of anilines is 10. The summed E-state index contributed by atoms with van der Waals surface area (Å²) >= 11 is 0. The zero-order valence-corrected chi connectivity index (χ0v) is 54.6. The third kappa shape index (κ3) is 7.75. The Bertz CT molecular complexity index is 4310. The van der Waals surface area contributed by atoms with Crippen LogP contribution in [0.5, 0.6) is 0 Å². The Morgan fingerprint density at radius 3 is 1.25 bits per heavy atom. The average Bonchev–Trinajstić information content (AvgIpc) is 1.67. The van der Waals surface area contributed by atoms with Crippen molar-refractivity contribution < 1.29 is 0 Å². The molecule has 0 saturated carbocycles. The smallest absolute Gasteiger partial charge is 0.252 e. The minimum Gasteiger partial charge on any atom is -0.330 e. The summed E-state index contributed by atoms with van der Waals surface area (Å²) in [5.74, 6) is 0. The average molecular weight is 1140 g/mol. The highest BCUT2D eigenvalue weighted by molar-refractivity contribution is 7.00. The molecule has 0 saturated heterocycles. The van der Waals surface area contributed by atoms with Crippen molar-refractivity contribution in [2.75, 3.05) is 19.6 Å². The Morgan fingerprint density at radius 1 is 0.322 bits per heavy atom. The van der Waals surface area contributed by atoms with Crippen LogP contribution in [0.2, 0.25) is 0 Å². The van der Waals surface area contributed by atoms with Crippen LogP contribution in [0.4, 0.5) is 56.9 Å². The summed E-state index contributed by atoms with van der Waals surface area (Å²) < 4.78 is 0. The Morgan fingerprint density at radius 2 is 0.724 bits per heavy atom. The van der Waals surface area contributed by atoms with Crippen LogP contribution in [-0.4, -0.2) is 6.71 Å². The van der Waals surface area contributed by atoms with E-state index in [4.69, 9.17) is 0 Å². The van der Waals surface area contributed by atoms with Crippen LogP contribution in [0, 0.1) is 0 Å². The molecule has 6 aliphatic rings. The van der Waals surface area contributed by atoms with E-state index in [1.54, 1.807) is 0 Å². The molecule has 4 atom stereocenters. The Hall–Kier alpha value is -7.76. The summed E-state index contributed by atoms with van der Waals surface area (Å²) in [7, 11) is 0. The van der Waals surface area contributed by atoms with Crippen molar-refractivity contribution in [3.63, 3.8) is 0 Å². The van der Waals surface area contributed by atoms with Crippen LogP contribution in [0.25, 0.3) is 0 Å². The van der Waals surface area contributed by atoms with Crippen molar-refractivity contribution in [3.05, 3.63) is 244 Å². The zero-order chi connectivity index (χ0) is 60.9. The van der Waals surface area contributed by atoms with Crippen LogP contribution < -0.4 is 36.0 Å². The fourth-order valence-corrected chi connectivity index (χ4v) is 17.3. The molecule has 0 N–H and O–H groups in total. The van der Waals surface area contributed by atoms with Gasteiger partial charge >= 0.3 is 0 Å². The van der Waals surface area contributed by atoms with Gasteiger partial charge in [0.15, 0.2) is 0 Å². The first-order valence-electron chi connectivity index (χ1n) is 32.5. The van der Waals surface area contributed by atoms with Gasteiger partial charge in [-0.15, -0.1) is 0 Å². The number of hydrogen-bond acceptors (Lipinski definition) is 4. The number of benzene rings is 9. The lowest BCUT2D eigenvalue weighted by molar-refractivity contribution is 0.245. The first-order chi connectivity index (χ1) is 41.2. The fourth-order valence-electron chi connectivity index (χ4n) is 17.3. The summed E-state index contributed by atoms with van der Waals surface area (Å²) in [6.07, 6.45) is 4.24. The topological polar surface area (TPSA) is 13.0 Å². The van der Waals surface area contributed by atoms with Gasteiger partial charge in [0.1, 0.15) is 0 Å². The maximum atomic E-state index is 2.81. The van der Waals surface area contributed by atoms with Gasteiger partial charge in [-0.2, -0.15) is 0 Å². The zero-order valence-electron chi connectivity index (χ0n) is 54.6. The van der Waals surface area contributed by atoms with Crippen molar-refractivity contribution in [2.45, 2.75) is 180 Å². The minimum atomic E-state index is -0.436. The third-order valence-electron chi connectivity index (χ3n) is 22.8. The van der Waals surface area contributed by atoms with E-state index in [1.807, 2.05) is 0 Å². The van der Waals surface area contributed by atoms with Gasteiger partial charge in [-0.1, -0.05) is 218 Å². The number of para-hydroxylation sites is 1. The van der Waals surface area contributed by atoms with E-state index >= 15 is 0 Å². The van der Waals surface area contributed by atoms with Crippen LogP contribution in [-0.2, 0) is 56.4 Å². The standard InChI is InChI=1S/C82H87BN4/c1-75(2,3)54-29-35-58(36-30-54)84-70-42-34-57(78(10,11)12)48-67(70)83-66-40-39-60(86-68-28-22-21-27-64(68)79(13)45-43-52-23-17-19-25-62(52)81(79,86)15)49-71(66)85(59-37-31-55(32-38-59)76(4,5)6)73-51-61(50-72(84)74(73)83)87-69-41-33-56(77(7,8)9)47-65(69)80(14)46-44-53-24-18-20-26-63(53)82(80,87)16/h17-42,47-51H,43-46H2,1-16H3. The van der Waals surface area contributed by atoms with E-state index in [2.05, 4.69) is 318 Å². The fraction of sp³-hybridized carbons (Fsp3) is 0.341. The predicted molar refractivity (Wildman–Crippen MR) is 371 cm³/mol. The van der Waals surface area contributed by atoms with Crippen LogP contribution >= 0.6 is 0 Å². The van der Waals surface area contributed by atoms with E-state index in [9.17, 15) is 0 Å². The van der Waals surface area contributed by atoms with Gasteiger partial charge < -0.3 is 19.6 Å². The Balaban J connectivity index is 1.07. The number of fused-ring (bicyclic) bond motifs is 14. The Kier molecular flexibility index (Phi) is 11.8. The molecule has 4 heterocycles. The monoisotopic (exact) mass is 1140 g/mol. The molecule has 0 fully saturated rings. The van der Waals surface area contributed by atoms with Gasteiger partial charge in [0.2, 0.25) is 0 Å². The number of nitrogens with zero attached hydrogens (tertiary/aromatic N) is 4. The van der Waals surface area contributed by atoms with Gasteiger partial charge in [0.25, 0.3) is 6.71 Å². The van der Waals surface area contributed by atoms with Crippen molar-refractivity contribution in [1.82, 2.24) is 0 Å². The summed E-state index contributed by atoms with van der Waals surface area (Å²) in [5.41, 5.74) is 29.0. The van der Waals surface area contributed by atoms with E-state index in [-0.39, 0.29) is 44.7 Å². The lowest BCUT2D eigenvalue weighted by Gasteiger charge is -2.52. The largest absolute Gasteiger partial charge is 0.330 e. The minimum absolute atomic E-state index is 0.00231. The van der Waals surface area contributed by atoms with E-state index < -0.39 is 5.54 Å². The van der Waals surface area contributed by atoms with Crippen molar-refractivity contribution in [1.29, 1.82) is 0 Å². The highest BCUT2D eigenvalue weighted by Gasteiger charge is 2.62. The molecule has 87 heavy (non-hydrogen) atoms. The molecule has 0 aromatic heterocycles. The SMILES string of the molecule is CC(C)(C)c1ccc(N2c3ccc(C(C)(C)C)cc3B3c4ccc(N5c6ccccc6C6(C)CCc7ccccc7C56C)cc4N(c4ccc(C(C)(C)C)cc4)c4cc(N5c6ccc(C(C)(C)C)cc6C6(C)CCc7ccccc7C56C)cc2c43)cc1. The highest BCUT2D eigenvalue weighted by atomic mass is 15.3. The van der Waals surface area contributed by atoms with Crippen LogP contribution in [0.1, 0.15) is 179 Å². The maximum Gasteiger partial charge on any atom is 0.252 e. The predicted octanol–water partition coefficient (Wildman–Crippen LogP) is 19.5. The van der Waals surface area contributed by atoms with Crippen molar-refractivity contribution in [2.24, 2.45) is 0 Å². The molecule has 4 aliphatic heterocycles. The Labute approximate surface area is 520 Å². The van der Waals surface area contributed by atoms with Gasteiger partial charge in [0, 0.05) is 67.7 Å². The lowest BCUT2D eigenvalue weighted by atomic mass is 9.33. The molecule has 0 amide bonds. The lowest BCUT2D eigenvalue weighted by Crippen LogP contribution is -2.61. The molecule has 5 heteroatoms. The first kappa shape index (κ1) is 55.8. The summed E-state index contributed by atoms with van der Waals surface area (Å²) in [6.45, 7) is 38.4. The number of rotatable bonds is 4. The normalized spacial score (nSPS) is 22.4. The molecule has 9 aromatic carbocycles. The van der Waals surface area contributed by atoms with Crippen molar-refractivity contribution in [3.8, 4) is 0 Å². The molecule has 0 radical (unpaired) electrons. The van der Waals surface area contributed by atoms with Gasteiger partial charge in [-0.05, 0) is 200 Å². The van der Waals surface area contributed by atoms with Gasteiger partial charge in [-0.25, -0.2) is 0 Å².